The molecule has 2 amide bonds. The first-order valence-electron chi connectivity index (χ1n) is 9.46. The van der Waals surface area contributed by atoms with Crippen molar-refractivity contribution >= 4 is 17.7 Å². The molecule has 0 radical (unpaired) electrons. The van der Waals surface area contributed by atoms with Crippen LogP contribution in [0.5, 0.6) is 11.5 Å². The molecular formula is C22H26F2N2O5. The van der Waals surface area contributed by atoms with Gasteiger partial charge in [0.25, 0.3) is 5.91 Å². The van der Waals surface area contributed by atoms with Crippen molar-refractivity contribution in [2.24, 2.45) is 0 Å². The van der Waals surface area contributed by atoms with Crippen molar-refractivity contribution in [3.8, 4) is 11.5 Å². The lowest BCUT2D eigenvalue weighted by atomic mass is 10.1. The number of carbonyl (C=O) groups excluding carboxylic acids is 2. The molecule has 0 heterocycles. The van der Waals surface area contributed by atoms with E-state index in [0.717, 1.165) is 0 Å². The van der Waals surface area contributed by atoms with Crippen LogP contribution >= 0.6 is 0 Å². The maximum absolute atomic E-state index is 12.7. The lowest BCUT2D eigenvalue weighted by molar-refractivity contribution is -0.0512. The zero-order valence-corrected chi connectivity index (χ0v) is 18.1. The molecule has 9 heteroatoms. The molecule has 0 saturated carbocycles. The molecule has 2 aromatic rings. The van der Waals surface area contributed by atoms with E-state index in [1.807, 2.05) is 0 Å². The fraction of sp³-hybridized carbons (Fsp3) is 0.364. The van der Waals surface area contributed by atoms with Crippen LogP contribution in [0.2, 0.25) is 0 Å². The van der Waals surface area contributed by atoms with Gasteiger partial charge in [0.15, 0.2) is 11.5 Å². The third kappa shape index (κ3) is 7.44. The fourth-order valence-corrected chi connectivity index (χ4v) is 2.69. The minimum atomic E-state index is -2.96. The molecule has 168 valence electrons. The summed E-state index contributed by atoms with van der Waals surface area (Å²) in [4.78, 5) is 26.0. The summed E-state index contributed by atoms with van der Waals surface area (Å²) in [5.74, 6) is -0.185. The van der Waals surface area contributed by atoms with E-state index in [4.69, 9.17) is 9.47 Å². The average molecular weight is 436 g/mol. The molecule has 0 unspecified atom stereocenters. The van der Waals surface area contributed by atoms with Crippen LogP contribution in [0, 0.1) is 0 Å². The molecule has 0 atom stereocenters. The summed E-state index contributed by atoms with van der Waals surface area (Å²) >= 11 is 0. The van der Waals surface area contributed by atoms with Gasteiger partial charge in [0.2, 0.25) is 0 Å². The van der Waals surface area contributed by atoms with E-state index in [0.29, 0.717) is 16.8 Å². The zero-order valence-electron chi connectivity index (χ0n) is 18.1. The van der Waals surface area contributed by atoms with E-state index in [2.05, 4.69) is 10.1 Å². The molecular weight excluding hydrogens is 410 g/mol. The Hall–Kier alpha value is -3.36. The summed E-state index contributed by atoms with van der Waals surface area (Å²) in [6.45, 7) is 2.55. The number of ether oxygens (including phenoxy) is 3. The minimum absolute atomic E-state index is 0.0803. The van der Waals surface area contributed by atoms with Crippen molar-refractivity contribution in [2.75, 3.05) is 19.5 Å². The Balaban J connectivity index is 2.02. The summed E-state index contributed by atoms with van der Waals surface area (Å²) in [6, 6.07) is 10.9. The van der Waals surface area contributed by atoms with Gasteiger partial charge in [-0.15, -0.1) is 0 Å². The molecule has 0 fully saturated rings. The molecule has 0 aromatic heterocycles. The van der Waals surface area contributed by atoms with Gasteiger partial charge in [-0.3, -0.25) is 10.1 Å². The van der Waals surface area contributed by atoms with Gasteiger partial charge in [0.1, 0.15) is 5.60 Å². The molecule has 2 aromatic carbocycles. The Morgan fingerprint density at radius 3 is 2.26 bits per heavy atom. The Labute approximate surface area is 179 Å². The van der Waals surface area contributed by atoms with Crippen LogP contribution in [-0.2, 0) is 11.3 Å². The highest BCUT2D eigenvalue weighted by Crippen LogP contribution is 2.30. The van der Waals surface area contributed by atoms with E-state index >= 15 is 0 Å². The van der Waals surface area contributed by atoms with Gasteiger partial charge < -0.3 is 19.1 Å². The van der Waals surface area contributed by atoms with Crippen LogP contribution < -0.4 is 14.8 Å². The number of methoxy groups -OCH3 is 1. The van der Waals surface area contributed by atoms with Crippen molar-refractivity contribution < 1.29 is 32.6 Å². The number of benzene rings is 2. The number of hydrogen-bond acceptors (Lipinski definition) is 5. The van der Waals surface area contributed by atoms with Gasteiger partial charge in [0.05, 0.1) is 7.11 Å². The average Bonchev–Trinajstić information content (AvgIpc) is 2.67. The van der Waals surface area contributed by atoms with Gasteiger partial charge >= 0.3 is 12.7 Å². The molecule has 0 aliphatic rings. The van der Waals surface area contributed by atoms with Crippen LogP contribution in [0.4, 0.5) is 19.3 Å². The molecule has 0 aliphatic carbocycles. The lowest BCUT2D eigenvalue weighted by Gasteiger charge is -2.20. The van der Waals surface area contributed by atoms with Crippen LogP contribution in [0.25, 0.3) is 0 Å². The van der Waals surface area contributed by atoms with Crippen molar-refractivity contribution in [1.29, 1.82) is 0 Å². The van der Waals surface area contributed by atoms with Crippen molar-refractivity contribution in [3.05, 3.63) is 53.6 Å². The summed E-state index contributed by atoms with van der Waals surface area (Å²) in [5, 5.41) is 2.60. The van der Waals surface area contributed by atoms with Gasteiger partial charge in [0, 0.05) is 24.8 Å². The number of halogens is 2. The first-order chi connectivity index (χ1) is 14.5. The number of nitrogens with zero attached hydrogens (tertiary/aromatic N) is 1. The molecule has 31 heavy (non-hydrogen) atoms. The van der Waals surface area contributed by atoms with Gasteiger partial charge in [-0.05, 0) is 62.7 Å². The maximum Gasteiger partial charge on any atom is 0.412 e. The Morgan fingerprint density at radius 2 is 1.71 bits per heavy atom. The summed E-state index contributed by atoms with van der Waals surface area (Å²) < 4.78 is 39.6. The molecule has 0 saturated heterocycles. The minimum Gasteiger partial charge on any atom is -0.493 e. The third-order valence-electron chi connectivity index (χ3n) is 3.99. The second-order valence-electron chi connectivity index (χ2n) is 7.73. The number of alkyl halides is 2. The summed E-state index contributed by atoms with van der Waals surface area (Å²) in [7, 11) is 2.96. The first kappa shape index (κ1) is 23.9. The standard InChI is InChI=1S/C22H26F2N2O5/c1-22(2,3)31-21(28)25-16-9-7-15(8-10-16)19(27)26(4)13-14-6-11-17(30-20(23)24)18(12-14)29-5/h6-12,20H,13H2,1-5H3,(H,25,28). The third-order valence-corrected chi connectivity index (χ3v) is 3.99. The normalized spacial score (nSPS) is 11.1. The predicted molar refractivity (Wildman–Crippen MR) is 112 cm³/mol. The maximum atomic E-state index is 12.7. The number of anilines is 1. The number of nitrogens with one attached hydrogen (secondary N) is 1. The first-order valence-corrected chi connectivity index (χ1v) is 9.46. The topological polar surface area (TPSA) is 77.1 Å². The largest absolute Gasteiger partial charge is 0.493 e. The number of amides is 2. The molecule has 7 nitrogen and oxygen atoms in total. The number of hydrogen-bond donors (Lipinski definition) is 1. The van der Waals surface area contributed by atoms with Crippen molar-refractivity contribution in [3.63, 3.8) is 0 Å². The van der Waals surface area contributed by atoms with Crippen LogP contribution in [0.1, 0.15) is 36.7 Å². The molecule has 1 N–H and O–H groups in total. The number of carbonyl (C=O) groups is 2. The van der Waals surface area contributed by atoms with E-state index in [-0.39, 0.29) is 24.0 Å². The smallest absolute Gasteiger partial charge is 0.412 e. The van der Waals surface area contributed by atoms with E-state index in [1.54, 1.807) is 58.2 Å². The van der Waals surface area contributed by atoms with Crippen LogP contribution in [-0.4, -0.2) is 43.3 Å². The van der Waals surface area contributed by atoms with E-state index in [1.165, 1.54) is 24.1 Å². The predicted octanol–water partition coefficient (Wildman–Crippen LogP) is 4.92. The SMILES string of the molecule is COc1cc(CN(C)C(=O)c2ccc(NC(=O)OC(C)(C)C)cc2)ccc1OC(F)F. The Kier molecular flexibility index (Phi) is 7.79. The molecule has 0 aliphatic heterocycles. The van der Waals surface area contributed by atoms with Crippen LogP contribution in [0.3, 0.4) is 0 Å². The van der Waals surface area contributed by atoms with Gasteiger partial charge in [-0.25, -0.2) is 4.79 Å². The lowest BCUT2D eigenvalue weighted by Crippen LogP contribution is -2.27. The summed E-state index contributed by atoms with van der Waals surface area (Å²) in [6.07, 6.45) is -0.586. The second kappa shape index (κ2) is 10.1. The number of rotatable bonds is 7. The highest BCUT2D eigenvalue weighted by molar-refractivity contribution is 5.95. The monoisotopic (exact) mass is 436 g/mol. The van der Waals surface area contributed by atoms with Crippen molar-refractivity contribution in [1.82, 2.24) is 4.90 Å². The zero-order chi connectivity index (χ0) is 23.2. The highest BCUT2D eigenvalue weighted by atomic mass is 19.3. The molecule has 0 spiro atoms. The van der Waals surface area contributed by atoms with Crippen molar-refractivity contribution in [2.45, 2.75) is 39.5 Å². The molecule has 0 bridgehead atoms. The Morgan fingerprint density at radius 1 is 1.06 bits per heavy atom. The van der Waals surface area contributed by atoms with E-state index < -0.39 is 18.3 Å². The van der Waals surface area contributed by atoms with Gasteiger partial charge in [-0.1, -0.05) is 6.07 Å². The second-order valence-corrected chi connectivity index (χ2v) is 7.73. The Bertz CT molecular complexity index is 911. The van der Waals surface area contributed by atoms with E-state index in [9.17, 15) is 18.4 Å². The quantitative estimate of drug-likeness (QED) is 0.667. The highest BCUT2D eigenvalue weighted by Gasteiger charge is 2.17. The molecule has 2 rings (SSSR count). The fourth-order valence-electron chi connectivity index (χ4n) is 2.69. The van der Waals surface area contributed by atoms with Crippen LogP contribution in [0.15, 0.2) is 42.5 Å². The summed E-state index contributed by atoms with van der Waals surface area (Å²) in [5.41, 5.74) is 0.974. The van der Waals surface area contributed by atoms with Gasteiger partial charge in [-0.2, -0.15) is 8.78 Å².